The first kappa shape index (κ1) is 11.7. The predicted molar refractivity (Wildman–Crippen MR) is 66.0 cm³/mol. The number of anilines is 1. The van der Waals surface area contributed by atoms with Crippen molar-refractivity contribution in [1.29, 1.82) is 0 Å². The Kier molecular flexibility index (Phi) is 3.21. The fraction of sp³-hybridized carbons (Fsp3) is 0.300. The highest BCUT2D eigenvalue weighted by atomic mass is 32.1. The Morgan fingerprint density at radius 1 is 1.59 bits per heavy atom. The number of aryl methyl sites for hydroxylation is 1. The van der Waals surface area contributed by atoms with E-state index in [1.807, 2.05) is 13.8 Å². The van der Waals surface area contributed by atoms with Crippen molar-refractivity contribution in [3.05, 3.63) is 27.3 Å². The van der Waals surface area contributed by atoms with Gasteiger partial charge in [0.2, 0.25) is 0 Å². The molecule has 17 heavy (non-hydrogen) atoms. The van der Waals surface area contributed by atoms with E-state index in [1.165, 1.54) is 11.3 Å². The quantitative estimate of drug-likeness (QED) is 0.763. The van der Waals surface area contributed by atoms with Crippen LogP contribution in [0.4, 0.5) is 5.82 Å². The summed E-state index contributed by atoms with van der Waals surface area (Å²) in [7, 11) is 0. The molecule has 0 aliphatic carbocycles. The summed E-state index contributed by atoms with van der Waals surface area (Å²) in [5.41, 5.74) is 7.67. The lowest BCUT2D eigenvalue weighted by molar-refractivity contribution is 0.102. The molecular formula is C10H13N5OS. The zero-order valence-electron chi connectivity index (χ0n) is 9.57. The number of carbonyl (C=O) groups is 1. The van der Waals surface area contributed by atoms with Crippen LogP contribution in [0.2, 0.25) is 0 Å². The van der Waals surface area contributed by atoms with Crippen LogP contribution in [0.15, 0.2) is 5.38 Å². The number of hydrogen-bond acceptors (Lipinski definition) is 5. The number of rotatable bonds is 3. The third-order valence-electron chi connectivity index (χ3n) is 2.44. The molecule has 7 heteroatoms. The minimum Gasteiger partial charge on any atom is -0.325 e. The summed E-state index contributed by atoms with van der Waals surface area (Å²) in [6.07, 6.45) is 0. The molecule has 0 saturated heterocycles. The third-order valence-corrected chi connectivity index (χ3v) is 3.32. The van der Waals surface area contributed by atoms with Gasteiger partial charge < -0.3 is 11.1 Å². The molecule has 1 amide bonds. The molecule has 2 rings (SSSR count). The van der Waals surface area contributed by atoms with E-state index in [1.54, 1.807) is 5.38 Å². The molecule has 90 valence electrons. The van der Waals surface area contributed by atoms with Gasteiger partial charge in [-0.2, -0.15) is 5.10 Å². The molecular weight excluding hydrogens is 238 g/mol. The number of nitrogens with zero attached hydrogens (tertiary/aromatic N) is 2. The normalized spacial score (nSPS) is 10.5. The number of amides is 1. The van der Waals surface area contributed by atoms with Crippen LogP contribution in [0.5, 0.6) is 0 Å². The smallest absolute Gasteiger partial charge is 0.276 e. The van der Waals surface area contributed by atoms with Crippen LogP contribution in [0.25, 0.3) is 0 Å². The first-order valence-electron chi connectivity index (χ1n) is 5.09. The van der Waals surface area contributed by atoms with Crippen molar-refractivity contribution in [1.82, 2.24) is 15.2 Å². The number of carbonyl (C=O) groups excluding carboxylic acids is 1. The van der Waals surface area contributed by atoms with Gasteiger partial charge in [-0.25, -0.2) is 4.98 Å². The average molecular weight is 251 g/mol. The van der Waals surface area contributed by atoms with Crippen molar-refractivity contribution in [3.63, 3.8) is 0 Å². The summed E-state index contributed by atoms with van der Waals surface area (Å²) in [6, 6.07) is 0. The Morgan fingerprint density at radius 3 is 2.88 bits per heavy atom. The molecule has 2 aromatic heterocycles. The predicted octanol–water partition coefficient (Wildman–Crippen LogP) is 1.19. The molecule has 0 unspecified atom stereocenters. The SMILES string of the molecule is Cc1[nH]nc(NC(=O)c2csc(CN)n2)c1C. The summed E-state index contributed by atoms with van der Waals surface area (Å²) < 4.78 is 0. The van der Waals surface area contributed by atoms with Crippen molar-refractivity contribution >= 4 is 23.1 Å². The van der Waals surface area contributed by atoms with Gasteiger partial charge in [0.25, 0.3) is 5.91 Å². The van der Waals surface area contributed by atoms with Gasteiger partial charge in [0.1, 0.15) is 10.7 Å². The topological polar surface area (TPSA) is 96.7 Å². The standard InChI is InChI=1S/C10H13N5OS/c1-5-6(2)14-15-9(5)13-10(16)7-4-17-8(3-11)12-7/h4H,3,11H2,1-2H3,(H2,13,14,15,16). The van der Waals surface area contributed by atoms with Gasteiger partial charge in [-0.05, 0) is 13.8 Å². The van der Waals surface area contributed by atoms with Crippen LogP contribution in [-0.4, -0.2) is 21.1 Å². The highest BCUT2D eigenvalue weighted by Crippen LogP contribution is 2.16. The first-order valence-corrected chi connectivity index (χ1v) is 5.97. The maximum Gasteiger partial charge on any atom is 0.276 e. The summed E-state index contributed by atoms with van der Waals surface area (Å²) in [4.78, 5) is 15.9. The zero-order valence-corrected chi connectivity index (χ0v) is 10.4. The molecule has 0 spiro atoms. The van der Waals surface area contributed by atoms with E-state index in [4.69, 9.17) is 5.73 Å². The minimum atomic E-state index is -0.268. The van der Waals surface area contributed by atoms with Gasteiger partial charge in [0, 0.05) is 23.2 Å². The number of nitrogens with one attached hydrogen (secondary N) is 2. The van der Waals surface area contributed by atoms with E-state index in [9.17, 15) is 4.79 Å². The second kappa shape index (κ2) is 4.64. The number of hydrogen-bond donors (Lipinski definition) is 3. The number of nitrogens with two attached hydrogens (primary N) is 1. The molecule has 6 nitrogen and oxygen atoms in total. The number of thiazole rings is 1. The van der Waals surface area contributed by atoms with Gasteiger partial charge in [-0.15, -0.1) is 11.3 Å². The lowest BCUT2D eigenvalue weighted by atomic mass is 10.3. The molecule has 0 atom stereocenters. The third kappa shape index (κ3) is 2.34. The second-order valence-corrected chi connectivity index (χ2v) is 4.55. The molecule has 2 aromatic rings. The van der Waals surface area contributed by atoms with Crippen LogP contribution >= 0.6 is 11.3 Å². The maximum absolute atomic E-state index is 11.8. The summed E-state index contributed by atoms with van der Waals surface area (Å²) >= 11 is 1.37. The fourth-order valence-electron chi connectivity index (χ4n) is 1.29. The highest BCUT2D eigenvalue weighted by molar-refractivity contribution is 7.09. The van der Waals surface area contributed by atoms with Crippen LogP contribution in [0, 0.1) is 13.8 Å². The van der Waals surface area contributed by atoms with Crippen LogP contribution in [0.1, 0.15) is 26.8 Å². The maximum atomic E-state index is 11.8. The van der Waals surface area contributed by atoms with Crippen molar-refractivity contribution in [2.24, 2.45) is 5.73 Å². The Labute approximate surface area is 102 Å². The van der Waals surface area contributed by atoms with Gasteiger partial charge in [-0.3, -0.25) is 9.89 Å². The molecule has 0 radical (unpaired) electrons. The molecule has 4 N–H and O–H groups in total. The lowest BCUT2D eigenvalue weighted by Gasteiger charge is -1.99. The summed E-state index contributed by atoms with van der Waals surface area (Å²) in [5, 5.41) is 11.9. The molecule has 0 fully saturated rings. The molecule has 0 saturated carbocycles. The lowest BCUT2D eigenvalue weighted by Crippen LogP contribution is -2.13. The first-order chi connectivity index (χ1) is 8.11. The van der Waals surface area contributed by atoms with Gasteiger partial charge in [0.15, 0.2) is 5.82 Å². The van der Waals surface area contributed by atoms with E-state index < -0.39 is 0 Å². The number of aromatic amines is 1. The Morgan fingerprint density at radius 2 is 2.35 bits per heavy atom. The van der Waals surface area contributed by atoms with Gasteiger partial charge >= 0.3 is 0 Å². The highest BCUT2D eigenvalue weighted by Gasteiger charge is 2.13. The van der Waals surface area contributed by atoms with E-state index in [2.05, 4.69) is 20.5 Å². The summed E-state index contributed by atoms with van der Waals surface area (Å²) in [5.74, 6) is 0.269. The average Bonchev–Trinajstić information content (AvgIpc) is 2.91. The Bertz CT molecular complexity index is 545. The summed E-state index contributed by atoms with van der Waals surface area (Å²) in [6.45, 7) is 4.13. The Balaban J connectivity index is 2.14. The molecule has 0 bridgehead atoms. The second-order valence-electron chi connectivity index (χ2n) is 3.61. The van der Waals surface area contributed by atoms with Crippen LogP contribution < -0.4 is 11.1 Å². The molecule has 0 aromatic carbocycles. The fourth-order valence-corrected chi connectivity index (χ4v) is 1.94. The van der Waals surface area contributed by atoms with Crippen LogP contribution in [-0.2, 0) is 6.54 Å². The van der Waals surface area contributed by atoms with E-state index in [-0.39, 0.29) is 5.91 Å². The van der Waals surface area contributed by atoms with Crippen molar-refractivity contribution in [2.75, 3.05) is 5.32 Å². The van der Waals surface area contributed by atoms with E-state index >= 15 is 0 Å². The zero-order chi connectivity index (χ0) is 12.4. The van der Waals surface area contributed by atoms with E-state index in [0.717, 1.165) is 16.3 Å². The van der Waals surface area contributed by atoms with Crippen LogP contribution in [0.3, 0.4) is 0 Å². The Hall–Kier alpha value is -1.73. The van der Waals surface area contributed by atoms with Crippen molar-refractivity contribution in [3.8, 4) is 0 Å². The van der Waals surface area contributed by atoms with Gasteiger partial charge in [0.05, 0.1) is 0 Å². The molecule has 2 heterocycles. The number of aromatic nitrogens is 3. The van der Waals surface area contributed by atoms with Gasteiger partial charge in [-0.1, -0.05) is 0 Å². The minimum absolute atomic E-state index is 0.268. The largest absolute Gasteiger partial charge is 0.325 e. The van der Waals surface area contributed by atoms with Crippen molar-refractivity contribution in [2.45, 2.75) is 20.4 Å². The van der Waals surface area contributed by atoms with Crippen molar-refractivity contribution < 1.29 is 4.79 Å². The number of H-pyrrole nitrogens is 1. The molecule has 0 aliphatic heterocycles. The monoisotopic (exact) mass is 251 g/mol. The van der Waals surface area contributed by atoms with E-state index in [0.29, 0.717) is 18.1 Å². The molecule has 0 aliphatic rings.